The van der Waals surface area contributed by atoms with Crippen LogP contribution >= 0.6 is 12.4 Å². The van der Waals surface area contributed by atoms with Crippen LogP contribution in [-0.2, 0) is 13.1 Å². The number of hydrogen-bond acceptors (Lipinski definition) is 4. The maximum atomic E-state index is 12.8. The van der Waals surface area contributed by atoms with Crippen LogP contribution < -0.4 is 4.74 Å². The summed E-state index contributed by atoms with van der Waals surface area (Å²) in [5, 5.41) is 9.05. The number of ether oxygens (including phenoxy) is 1. The summed E-state index contributed by atoms with van der Waals surface area (Å²) in [5.41, 5.74) is 3.48. The van der Waals surface area contributed by atoms with Gasteiger partial charge in [0.2, 0.25) is 0 Å². The van der Waals surface area contributed by atoms with E-state index in [-0.39, 0.29) is 18.3 Å². The van der Waals surface area contributed by atoms with Gasteiger partial charge in [0, 0.05) is 25.2 Å². The first-order chi connectivity index (χ1) is 14.2. The van der Waals surface area contributed by atoms with Gasteiger partial charge in [0.15, 0.2) is 0 Å². The number of likely N-dealkylation sites (tertiary alicyclic amines) is 1. The second-order valence-electron chi connectivity index (χ2n) is 7.89. The fourth-order valence-electron chi connectivity index (χ4n) is 4.15. The van der Waals surface area contributed by atoms with E-state index in [0.29, 0.717) is 30.8 Å². The molecule has 0 radical (unpaired) electrons. The number of halogens is 1. The molecule has 0 atom stereocenters. The Balaban J connectivity index is 0.00000256. The van der Waals surface area contributed by atoms with E-state index in [1.54, 1.807) is 0 Å². The molecule has 1 fully saturated rings. The molecule has 0 unspecified atom stereocenters. The van der Waals surface area contributed by atoms with Gasteiger partial charge in [-0.3, -0.25) is 4.79 Å². The third kappa shape index (κ3) is 5.33. The minimum atomic E-state index is 0. The molecule has 2 aliphatic heterocycles. The fourth-order valence-corrected chi connectivity index (χ4v) is 4.15. The maximum absolute atomic E-state index is 12.8. The normalized spacial score (nSPS) is 15.8. The quantitative estimate of drug-likeness (QED) is 0.644. The Morgan fingerprint density at radius 1 is 1.00 bits per heavy atom. The highest BCUT2D eigenvalue weighted by molar-refractivity contribution is 5.94. The second kappa shape index (κ2) is 10.5. The van der Waals surface area contributed by atoms with Crippen molar-refractivity contribution in [2.45, 2.75) is 38.8 Å². The molecule has 1 saturated heterocycles. The lowest BCUT2D eigenvalue weighted by Gasteiger charge is -2.26. The molecule has 158 valence electrons. The summed E-state index contributed by atoms with van der Waals surface area (Å²) >= 11 is 0. The van der Waals surface area contributed by atoms with Crippen molar-refractivity contribution in [3.8, 4) is 11.8 Å². The number of benzene rings is 2. The first-order valence-electron chi connectivity index (χ1n) is 10.5. The van der Waals surface area contributed by atoms with Gasteiger partial charge in [0.05, 0.1) is 18.2 Å². The molecule has 2 heterocycles. The first kappa shape index (κ1) is 22.1. The Bertz CT molecular complexity index is 902. The zero-order valence-electron chi connectivity index (χ0n) is 17.2. The van der Waals surface area contributed by atoms with Gasteiger partial charge in [-0.15, -0.1) is 12.4 Å². The molecule has 1 amide bonds. The summed E-state index contributed by atoms with van der Waals surface area (Å²) in [5.74, 6) is 0.819. The van der Waals surface area contributed by atoms with E-state index >= 15 is 0 Å². The molecule has 0 bridgehead atoms. The van der Waals surface area contributed by atoms with Crippen molar-refractivity contribution in [1.29, 1.82) is 5.26 Å². The zero-order valence-corrected chi connectivity index (χ0v) is 18.0. The van der Waals surface area contributed by atoms with Crippen LogP contribution in [0.25, 0.3) is 0 Å². The third-order valence-electron chi connectivity index (χ3n) is 5.78. The van der Waals surface area contributed by atoms with Gasteiger partial charge in [-0.25, -0.2) is 0 Å². The Morgan fingerprint density at radius 3 is 2.47 bits per heavy atom. The Morgan fingerprint density at radius 2 is 1.73 bits per heavy atom. The largest absolute Gasteiger partial charge is 0.494 e. The zero-order chi connectivity index (χ0) is 20.1. The van der Waals surface area contributed by atoms with Gasteiger partial charge >= 0.3 is 0 Å². The molecule has 0 N–H and O–H groups in total. The molecular formula is C24H28ClN3O2. The van der Waals surface area contributed by atoms with Crippen molar-refractivity contribution in [2.24, 2.45) is 0 Å². The number of carbonyl (C=O) groups excluding carboxylic acids is 1. The van der Waals surface area contributed by atoms with E-state index in [9.17, 15) is 4.79 Å². The Labute approximate surface area is 184 Å². The topological polar surface area (TPSA) is 56.6 Å². The predicted molar refractivity (Wildman–Crippen MR) is 119 cm³/mol. The first-order valence-corrected chi connectivity index (χ1v) is 10.5. The van der Waals surface area contributed by atoms with Crippen LogP contribution in [0, 0.1) is 11.3 Å². The van der Waals surface area contributed by atoms with E-state index < -0.39 is 0 Å². The molecule has 2 aromatic rings. The van der Waals surface area contributed by atoms with Crippen molar-refractivity contribution in [3.63, 3.8) is 0 Å². The number of piperidine rings is 1. The Hall–Kier alpha value is -2.55. The van der Waals surface area contributed by atoms with E-state index in [4.69, 9.17) is 10.00 Å². The van der Waals surface area contributed by atoms with Gasteiger partial charge < -0.3 is 14.5 Å². The van der Waals surface area contributed by atoms with Crippen molar-refractivity contribution in [1.82, 2.24) is 9.80 Å². The molecule has 5 nitrogen and oxygen atoms in total. The van der Waals surface area contributed by atoms with Crippen LogP contribution in [0.4, 0.5) is 0 Å². The standard InChI is InChI=1S/C24H27N3O2.ClH/c25-16-19-5-6-21-17-27(18-22(21)15-19)24(28)20-7-9-23(10-8-20)29-14-4-13-26-11-2-1-3-12-26;/h5-10,15H,1-4,11-14,17-18H2;1H. The second-order valence-corrected chi connectivity index (χ2v) is 7.89. The summed E-state index contributed by atoms with van der Waals surface area (Å²) in [4.78, 5) is 17.2. The number of fused-ring (bicyclic) bond motifs is 1. The molecule has 2 aromatic carbocycles. The minimum absolute atomic E-state index is 0. The summed E-state index contributed by atoms with van der Waals surface area (Å²) in [7, 11) is 0. The van der Waals surface area contributed by atoms with Gasteiger partial charge in [-0.2, -0.15) is 5.26 Å². The Kier molecular flexibility index (Phi) is 7.73. The average molecular weight is 426 g/mol. The van der Waals surface area contributed by atoms with Crippen LogP contribution in [0.15, 0.2) is 42.5 Å². The molecule has 2 aliphatic rings. The highest BCUT2D eigenvalue weighted by Crippen LogP contribution is 2.26. The molecule has 0 saturated carbocycles. The van der Waals surface area contributed by atoms with Gasteiger partial charge in [-0.1, -0.05) is 12.5 Å². The lowest BCUT2D eigenvalue weighted by molar-refractivity contribution is 0.0751. The molecule has 6 heteroatoms. The van der Waals surface area contributed by atoms with Crippen molar-refractivity contribution in [2.75, 3.05) is 26.2 Å². The number of carbonyl (C=O) groups is 1. The van der Waals surface area contributed by atoms with Crippen molar-refractivity contribution >= 4 is 18.3 Å². The average Bonchev–Trinajstić information content (AvgIpc) is 3.20. The lowest BCUT2D eigenvalue weighted by Crippen LogP contribution is -2.31. The molecule has 0 spiro atoms. The van der Waals surface area contributed by atoms with Gasteiger partial charge in [0.25, 0.3) is 5.91 Å². The number of nitrogens with zero attached hydrogens (tertiary/aromatic N) is 3. The molecule has 4 rings (SSSR count). The minimum Gasteiger partial charge on any atom is -0.494 e. The van der Waals surface area contributed by atoms with E-state index in [1.807, 2.05) is 47.4 Å². The summed E-state index contributed by atoms with van der Waals surface area (Å²) in [6, 6.07) is 15.2. The summed E-state index contributed by atoms with van der Waals surface area (Å²) in [6.07, 6.45) is 5.02. The van der Waals surface area contributed by atoms with E-state index in [2.05, 4.69) is 11.0 Å². The van der Waals surface area contributed by atoms with Crippen molar-refractivity contribution in [3.05, 3.63) is 64.7 Å². The summed E-state index contributed by atoms with van der Waals surface area (Å²) < 4.78 is 5.85. The van der Waals surface area contributed by atoms with Crippen molar-refractivity contribution < 1.29 is 9.53 Å². The summed E-state index contributed by atoms with van der Waals surface area (Å²) in [6.45, 7) is 5.38. The van der Waals surface area contributed by atoms with Crippen LogP contribution in [0.5, 0.6) is 5.75 Å². The third-order valence-corrected chi connectivity index (χ3v) is 5.78. The van der Waals surface area contributed by atoms with Crippen LogP contribution in [0.1, 0.15) is 52.7 Å². The molecular weight excluding hydrogens is 398 g/mol. The van der Waals surface area contributed by atoms with Crippen LogP contribution in [0.2, 0.25) is 0 Å². The van der Waals surface area contributed by atoms with Gasteiger partial charge in [0.1, 0.15) is 5.75 Å². The maximum Gasteiger partial charge on any atom is 0.254 e. The van der Waals surface area contributed by atoms with Gasteiger partial charge in [-0.05, 0) is 79.9 Å². The van der Waals surface area contributed by atoms with E-state index in [1.165, 1.54) is 32.4 Å². The SMILES string of the molecule is Cl.N#Cc1ccc2c(c1)CN(C(=O)c1ccc(OCCCN3CCCCC3)cc1)C2. The number of hydrogen-bond donors (Lipinski definition) is 0. The predicted octanol–water partition coefficient (Wildman–Crippen LogP) is 4.39. The molecule has 0 aliphatic carbocycles. The monoisotopic (exact) mass is 425 g/mol. The highest BCUT2D eigenvalue weighted by atomic mass is 35.5. The fraction of sp³-hybridized carbons (Fsp3) is 0.417. The number of rotatable bonds is 6. The molecule has 30 heavy (non-hydrogen) atoms. The highest BCUT2D eigenvalue weighted by Gasteiger charge is 2.24. The number of amides is 1. The van der Waals surface area contributed by atoms with Crippen LogP contribution in [-0.4, -0.2) is 41.9 Å². The van der Waals surface area contributed by atoms with E-state index in [0.717, 1.165) is 29.8 Å². The molecule has 0 aromatic heterocycles. The smallest absolute Gasteiger partial charge is 0.254 e. The van der Waals surface area contributed by atoms with Crippen LogP contribution in [0.3, 0.4) is 0 Å². The number of nitriles is 1. The lowest BCUT2D eigenvalue weighted by atomic mass is 10.1.